The molecule has 1 aromatic carbocycles. The standard InChI is InChI=1S/C19H24N2O2S/c1-12-9-16(15(4)14(3)13(12)2)17-11-24-18(20-17)10-19(22)21-5-7-23-8-6-21/h9,11H,5-8,10H2,1-4H3. The molecular weight excluding hydrogens is 320 g/mol. The van der Waals surface area contributed by atoms with Crippen molar-refractivity contribution in [3.05, 3.63) is 38.7 Å². The minimum absolute atomic E-state index is 0.146. The molecule has 3 rings (SSSR count). The second-order valence-electron chi connectivity index (χ2n) is 6.41. The fourth-order valence-electron chi connectivity index (χ4n) is 3.05. The summed E-state index contributed by atoms with van der Waals surface area (Å²) in [7, 11) is 0. The van der Waals surface area contributed by atoms with E-state index in [-0.39, 0.29) is 5.91 Å². The van der Waals surface area contributed by atoms with Gasteiger partial charge in [-0.25, -0.2) is 4.98 Å². The van der Waals surface area contributed by atoms with Gasteiger partial charge in [-0.2, -0.15) is 0 Å². The topological polar surface area (TPSA) is 42.4 Å². The van der Waals surface area contributed by atoms with Crippen LogP contribution >= 0.6 is 11.3 Å². The quantitative estimate of drug-likeness (QED) is 0.856. The number of benzene rings is 1. The Morgan fingerprint density at radius 3 is 2.58 bits per heavy atom. The van der Waals surface area contributed by atoms with E-state index >= 15 is 0 Å². The number of carbonyl (C=O) groups excluding carboxylic acids is 1. The van der Waals surface area contributed by atoms with Crippen molar-refractivity contribution in [1.29, 1.82) is 0 Å². The number of carbonyl (C=O) groups is 1. The monoisotopic (exact) mass is 344 g/mol. The van der Waals surface area contributed by atoms with E-state index in [0.29, 0.717) is 32.7 Å². The van der Waals surface area contributed by atoms with Crippen molar-refractivity contribution < 1.29 is 9.53 Å². The molecule has 1 amide bonds. The van der Waals surface area contributed by atoms with Gasteiger partial charge in [0.15, 0.2) is 0 Å². The molecule has 0 unspecified atom stereocenters. The van der Waals surface area contributed by atoms with E-state index < -0.39 is 0 Å². The van der Waals surface area contributed by atoms with Gasteiger partial charge in [-0.1, -0.05) is 0 Å². The van der Waals surface area contributed by atoms with E-state index in [2.05, 4.69) is 39.1 Å². The summed E-state index contributed by atoms with van der Waals surface area (Å²) >= 11 is 1.57. The van der Waals surface area contributed by atoms with Crippen LogP contribution in [-0.2, 0) is 16.0 Å². The van der Waals surface area contributed by atoms with E-state index in [1.165, 1.54) is 27.8 Å². The van der Waals surface area contributed by atoms with Gasteiger partial charge in [0, 0.05) is 24.0 Å². The number of nitrogens with zero attached hydrogens (tertiary/aromatic N) is 2. The summed E-state index contributed by atoms with van der Waals surface area (Å²) in [6, 6.07) is 2.21. The molecule has 1 aliphatic rings. The van der Waals surface area contributed by atoms with E-state index in [1.807, 2.05) is 4.90 Å². The molecule has 128 valence electrons. The van der Waals surface area contributed by atoms with Crippen LogP contribution in [-0.4, -0.2) is 42.1 Å². The molecule has 5 heteroatoms. The molecule has 1 aliphatic heterocycles. The van der Waals surface area contributed by atoms with Crippen LogP contribution < -0.4 is 0 Å². The maximum absolute atomic E-state index is 12.4. The molecule has 1 aromatic heterocycles. The Balaban J connectivity index is 1.80. The summed E-state index contributed by atoms with van der Waals surface area (Å²) in [6.07, 6.45) is 0.382. The minimum atomic E-state index is 0.146. The van der Waals surface area contributed by atoms with Gasteiger partial charge in [0.2, 0.25) is 5.91 Å². The fourth-order valence-corrected chi connectivity index (χ4v) is 3.83. The highest BCUT2D eigenvalue weighted by atomic mass is 32.1. The lowest BCUT2D eigenvalue weighted by Gasteiger charge is -2.26. The van der Waals surface area contributed by atoms with Crippen LogP contribution in [0.2, 0.25) is 0 Å². The van der Waals surface area contributed by atoms with Crippen molar-refractivity contribution in [1.82, 2.24) is 9.88 Å². The number of thiazole rings is 1. The Morgan fingerprint density at radius 1 is 1.17 bits per heavy atom. The zero-order valence-electron chi connectivity index (χ0n) is 14.8. The van der Waals surface area contributed by atoms with Gasteiger partial charge in [0.1, 0.15) is 5.01 Å². The predicted octanol–water partition coefficient (Wildman–Crippen LogP) is 3.45. The molecule has 1 saturated heterocycles. The number of hydrogen-bond acceptors (Lipinski definition) is 4. The van der Waals surface area contributed by atoms with Crippen molar-refractivity contribution in [3.63, 3.8) is 0 Å². The van der Waals surface area contributed by atoms with Gasteiger partial charge in [-0.15, -0.1) is 11.3 Å². The molecule has 0 aliphatic carbocycles. The highest BCUT2D eigenvalue weighted by Gasteiger charge is 2.19. The molecular formula is C19H24N2O2S. The van der Waals surface area contributed by atoms with Crippen molar-refractivity contribution >= 4 is 17.2 Å². The molecule has 0 spiro atoms. The Labute approximate surface area is 147 Å². The van der Waals surface area contributed by atoms with E-state index in [4.69, 9.17) is 9.72 Å². The van der Waals surface area contributed by atoms with Crippen LogP contribution in [0.3, 0.4) is 0 Å². The van der Waals surface area contributed by atoms with Crippen molar-refractivity contribution in [2.75, 3.05) is 26.3 Å². The maximum Gasteiger partial charge on any atom is 0.229 e. The summed E-state index contributed by atoms with van der Waals surface area (Å²) in [5.41, 5.74) is 7.38. The number of morpholine rings is 1. The van der Waals surface area contributed by atoms with E-state index in [1.54, 1.807) is 11.3 Å². The summed E-state index contributed by atoms with van der Waals surface area (Å²) in [4.78, 5) is 19.0. The average molecular weight is 344 g/mol. The number of rotatable bonds is 3. The Morgan fingerprint density at radius 2 is 1.88 bits per heavy atom. The Kier molecular flexibility index (Phi) is 5.01. The first-order valence-electron chi connectivity index (χ1n) is 8.35. The van der Waals surface area contributed by atoms with Crippen molar-refractivity contribution in [3.8, 4) is 11.3 Å². The van der Waals surface area contributed by atoms with Crippen LogP contribution in [0.15, 0.2) is 11.4 Å². The second-order valence-corrected chi connectivity index (χ2v) is 7.36. The summed E-state index contributed by atoms with van der Waals surface area (Å²) in [5.74, 6) is 0.146. The van der Waals surface area contributed by atoms with Gasteiger partial charge in [-0.05, 0) is 56.0 Å². The van der Waals surface area contributed by atoms with Crippen molar-refractivity contribution in [2.45, 2.75) is 34.1 Å². The van der Waals surface area contributed by atoms with Crippen LogP contribution in [0.1, 0.15) is 27.3 Å². The molecule has 0 radical (unpaired) electrons. The maximum atomic E-state index is 12.4. The first-order chi connectivity index (χ1) is 11.5. The highest BCUT2D eigenvalue weighted by Crippen LogP contribution is 2.30. The molecule has 1 fully saturated rings. The Hall–Kier alpha value is -1.72. The minimum Gasteiger partial charge on any atom is -0.378 e. The highest BCUT2D eigenvalue weighted by molar-refractivity contribution is 7.10. The first-order valence-corrected chi connectivity index (χ1v) is 9.23. The second kappa shape index (κ2) is 7.03. The predicted molar refractivity (Wildman–Crippen MR) is 97.6 cm³/mol. The first kappa shape index (κ1) is 17.1. The average Bonchev–Trinajstić information content (AvgIpc) is 3.05. The van der Waals surface area contributed by atoms with Gasteiger partial charge >= 0.3 is 0 Å². The van der Waals surface area contributed by atoms with Gasteiger partial charge in [0.25, 0.3) is 0 Å². The largest absolute Gasteiger partial charge is 0.378 e. The molecule has 2 aromatic rings. The normalized spacial score (nSPS) is 14.9. The lowest BCUT2D eigenvalue weighted by atomic mass is 9.93. The molecule has 0 N–H and O–H groups in total. The lowest BCUT2D eigenvalue weighted by Crippen LogP contribution is -2.41. The summed E-state index contributed by atoms with van der Waals surface area (Å²) in [5, 5.41) is 2.95. The Bertz CT molecular complexity index is 761. The molecule has 0 bridgehead atoms. The van der Waals surface area contributed by atoms with Crippen molar-refractivity contribution in [2.24, 2.45) is 0 Å². The van der Waals surface area contributed by atoms with Gasteiger partial charge < -0.3 is 9.64 Å². The van der Waals surface area contributed by atoms with E-state index in [9.17, 15) is 4.79 Å². The van der Waals surface area contributed by atoms with Crippen LogP contribution in [0.4, 0.5) is 0 Å². The number of ether oxygens (including phenoxy) is 1. The third-order valence-corrected chi connectivity index (χ3v) is 5.82. The summed E-state index contributed by atoms with van der Waals surface area (Å²) < 4.78 is 5.30. The fraction of sp³-hybridized carbons (Fsp3) is 0.474. The van der Waals surface area contributed by atoms with Gasteiger partial charge in [-0.3, -0.25) is 4.79 Å². The number of hydrogen-bond donors (Lipinski definition) is 0. The lowest BCUT2D eigenvalue weighted by molar-refractivity contribution is -0.134. The molecule has 0 saturated carbocycles. The molecule has 0 atom stereocenters. The van der Waals surface area contributed by atoms with Crippen LogP contribution in [0.5, 0.6) is 0 Å². The zero-order valence-corrected chi connectivity index (χ0v) is 15.6. The third kappa shape index (κ3) is 3.37. The number of aromatic nitrogens is 1. The summed E-state index contributed by atoms with van der Waals surface area (Å²) in [6.45, 7) is 11.3. The van der Waals surface area contributed by atoms with Crippen LogP contribution in [0, 0.1) is 27.7 Å². The third-order valence-electron chi connectivity index (χ3n) is 4.98. The smallest absolute Gasteiger partial charge is 0.229 e. The van der Waals surface area contributed by atoms with Gasteiger partial charge in [0.05, 0.1) is 25.3 Å². The van der Waals surface area contributed by atoms with Crippen LogP contribution in [0.25, 0.3) is 11.3 Å². The van der Waals surface area contributed by atoms with E-state index in [0.717, 1.165) is 10.7 Å². The number of aryl methyl sites for hydroxylation is 1. The zero-order chi connectivity index (χ0) is 17.3. The SMILES string of the molecule is Cc1cc(-c2csc(CC(=O)N3CCOCC3)n2)c(C)c(C)c1C. The molecule has 2 heterocycles. The molecule has 24 heavy (non-hydrogen) atoms. The number of amides is 1. The molecule has 4 nitrogen and oxygen atoms in total.